The van der Waals surface area contributed by atoms with E-state index in [1.165, 1.54) is 6.26 Å². The van der Waals surface area contributed by atoms with E-state index >= 15 is 0 Å². The second kappa shape index (κ2) is 19.7. The molecule has 0 fully saturated rings. The van der Waals surface area contributed by atoms with Crippen molar-refractivity contribution >= 4 is 44.9 Å². The van der Waals surface area contributed by atoms with Crippen LogP contribution in [0.3, 0.4) is 0 Å². The number of likely N-dealkylation sites (N-methyl/N-ethyl adjacent to an activating group) is 1. The molecule has 0 aromatic heterocycles. The molecule has 0 amide bonds. The Morgan fingerprint density at radius 1 is 0.720 bits per heavy atom. The predicted octanol–water partition coefficient (Wildman–Crippen LogP) is 4.55. The third kappa shape index (κ3) is 23.2. The Balaban J connectivity index is 0. The largest absolute Gasteiger partial charge is 0.469 e. The van der Waals surface area contributed by atoms with E-state index in [0.717, 1.165) is 0 Å². The molecule has 0 saturated heterocycles. The lowest BCUT2D eigenvalue weighted by molar-refractivity contribution is -0.152. The summed E-state index contributed by atoms with van der Waals surface area (Å²) in [6, 6.07) is 0. The van der Waals surface area contributed by atoms with Crippen LogP contribution in [-0.2, 0) is 47.5 Å². The van der Waals surface area contributed by atoms with Crippen LogP contribution in [-0.4, -0.2) is 144 Å². The fraction of sp³-hybridized carbons (Fsp3) is 0.912. The molecule has 0 aromatic rings. The maximum absolute atomic E-state index is 12.7. The average molecular weight is 780 g/mol. The van der Waals surface area contributed by atoms with E-state index in [9.17, 15) is 17.8 Å². The highest BCUT2D eigenvalue weighted by molar-refractivity contribution is 7.97. The summed E-state index contributed by atoms with van der Waals surface area (Å²) < 4.78 is 62.0. The number of hydrogen-bond acceptors (Lipinski definition) is 9. The van der Waals surface area contributed by atoms with Gasteiger partial charge in [-0.25, -0.2) is 13.2 Å². The summed E-state index contributed by atoms with van der Waals surface area (Å²) >= 11 is 0. The molecule has 302 valence electrons. The second-order valence-electron chi connectivity index (χ2n) is 17.6. The second-order valence-corrected chi connectivity index (χ2v) is 23.6. The molecule has 0 aromatic carbocycles. The quantitative estimate of drug-likeness (QED) is 0.121. The predicted molar refractivity (Wildman–Crippen MR) is 210 cm³/mol. The Labute approximate surface area is 306 Å². The molecule has 6 atom stereocenters. The van der Waals surface area contributed by atoms with Gasteiger partial charge in [0, 0.05) is 56.1 Å². The minimum atomic E-state index is -4.61. The van der Waals surface area contributed by atoms with Crippen LogP contribution in [0.2, 0.25) is 0 Å². The van der Waals surface area contributed by atoms with Gasteiger partial charge in [-0.05, 0) is 92.1 Å². The Bertz CT molecular complexity index is 1290. The molecule has 16 heteroatoms. The summed E-state index contributed by atoms with van der Waals surface area (Å²) in [6.45, 7) is 28.4. The fourth-order valence-corrected chi connectivity index (χ4v) is 7.96. The van der Waals surface area contributed by atoms with E-state index in [2.05, 4.69) is 37.0 Å². The fourth-order valence-electron chi connectivity index (χ4n) is 4.32. The van der Waals surface area contributed by atoms with Crippen molar-refractivity contribution in [3.8, 4) is 0 Å². The Morgan fingerprint density at radius 3 is 1.28 bits per heavy atom. The van der Waals surface area contributed by atoms with Gasteiger partial charge in [-0.2, -0.15) is 0 Å². The molecule has 2 N–H and O–H groups in total. The first-order valence-corrected chi connectivity index (χ1v) is 22.5. The van der Waals surface area contributed by atoms with Gasteiger partial charge in [0.15, 0.2) is 0 Å². The van der Waals surface area contributed by atoms with Gasteiger partial charge in [0.1, 0.15) is 12.7 Å². The minimum Gasteiger partial charge on any atom is -0.462 e. The van der Waals surface area contributed by atoms with E-state index in [1.807, 2.05) is 94.6 Å². The summed E-state index contributed by atoms with van der Waals surface area (Å²) in [6.07, 6.45) is 1.86. The van der Waals surface area contributed by atoms with Gasteiger partial charge in [0.2, 0.25) is 0 Å². The molecule has 0 spiro atoms. The normalized spacial score (nSPS) is 18.5. The highest BCUT2D eigenvalue weighted by atomic mass is 32.2. The van der Waals surface area contributed by atoms with Gasteiger partial charge in [0.25, 0.3) is 0 Å². The van der Waals surface area contributed by atoms with E-state index < -0.39 is 45.0 Å². The van der Waals surface area contributed by atoms with Gasteiger partial charge in [-0.3, -0.25) is 22.6 Å². The Kier molecular flexibility index (Phi) is 20.3. The number of ether oxygens (including phenoxy) is 3. The summed E-state index contributed by atoms with van der Waals surface area (Å²) in [7, 11) is -5.97. The van der Waals surface area contributed by atoms with Gasteiger partial charge < -0.3 is 24.0 Å². The van der Waals surface area contributed by atoms with Crippen molar-refractivity contribution in [1.82, 2.24) is 13.5 Å². The van der Waals surface area contributed by atoms with Crippen LogP contribution in [0.25, 0.3) is 0 Å². The molecule has 50 heavy (non-hydrogen) atoms. The van der Waals surface area contributed by atoms with Gasteiger partial charge >= 0.3 is 13.8 Å². The van der Waals surface area contributed by atoms with Crippen molar-refractivity contribution in [2.24, 2.45) is 10.8 Å². The van der Waals surface area contributed by atoms with E-state index in [0.29, 0.717) is 6.54 Å². The van der Waals surface area contributed by atoms with Crippen LogP contribution in [0.5, 0.6) is 0 Å². The number of carbonyl (C=O) groups excluding carboxylic acids is 1. The first-order chi connectivity index (χ1) is 21.8. The summed E-state index contributed by atoms with van der Waals surface area (Å²) in [5, 5.41) is 0. The number of carbonyl (C=O) groups is 1. The van der Waals surface area contributed by atoms with Crippen LogP contribution >= 0.6 is 7.82 Å². The lowest BCUT2D eigenvalue weighted by Gasteiger charge is -2.40. The number of phosphoric ester groups is 1. The smallest absolute Gasteiger partial charge is 0.462 e. The lowest BCUT2D eigenvalue weighted by atomic mass is 9.90. The van der Waals surface area contributed by atoms with Crippen LogP contribution in [0.4, 0.5) is 0 Å². The number of rotatable bonds is 17. The molecule has 0 radical (unpaired) electrons. The van der Waals surface area contributed by atoms with Crippen LogP contribution in [0, 0.1) is 10.8 Å². The van der Waals surface area contributed by atoms with E-state index in [-0.39, 0.29) is 60.8 Å². The van der Waals surface area contributed by atoms with Crippen LogP contribution in [0.15, 0.2) is 0 Å². The highest BCUT2D eigenvalue weighted by Crippen LogP contribution is 2.36. The van der Waals surface area contributed by atoms with Crippen molar-refractivity contribution in [2.75, 3.05) is 59.5 Å². The lowest BCUT2D eigenvalue weighted by Crippen LogP contribution is -2.51. The Hall–Kier alpha value is -0.580. The average Bonchev–Trinajstić information content (AvgIpc) is 2.82. The molecule has 0 rings (SSSR count). The first-order valence-electron chi connectivity index (χ1n) is 16.8. The van der Waals surface area contributed by atoms with Crippen molar-refractivity contribution < 1.29 is 46.3 Å². The third-order valence-corrected chi connectivity index (χ3v) is 11.4. The van der Waals surface area contributed by atoms with Crippen LogP contribution in [0.1, 0.15) is 96.9 Å². The summed E-state index contributed by atoms with van der Waals surface area (Å²) in [4.78, 5) is 31.6. The van der Waals surface area contributed by atoms with Crippen molar-refractivity contribution in [2.45, 2.75) is 132 Å². The van der Waals surface area contributed by atoms with Crippen LogP contribution < -0.4 is 0 Å². The molecule has 0 saturated carbocycles. The molecule has 0 aliphatic rings. The molecule has 2 unspecified atom stereocenters. The summed E-state index contributed by atoms with van der Waals surface area (Å²) in [5.41, 5.74) is -1.03. The molecule has 0 aliphatic carbocycles. The SMILES string of the molecule is C=S(C)(=O)N(C[C@@H](COC(=O)CN(C)C)O[C@@H](C)C(C)(C)C)C(C)(C)C.C=S(C)(=O)N(C[C@@H](COP(=O)(O)O)O[C@@H](C)C(C)(C)C)C(C)(C)C. The molecule has 0 aliphatic heterocycles. The maximum atomic E-state index is 12.7. The van der Waals surface area contributed by atoms with Gasteiger partial charge in [-0.1, -0.05) is 41.5 Å². The first kappa shape index (κ1) is 51.5. The number of esters is 1. The highest BCUT2D eigenvalue weighted by Gasteiger charge is 2.34. The topological polar surface area (TPSA) is 155 Å². The Morgan fingerprint density at radius 2 is 1.04 bits per heavy atom. The zero-order valence-electron chi connectivity index (χ0n) is 34.5. The molecule has 13 nitrogen and oxygen atoms in total. The molecular formula is C34H74N3O10PS2. The molecule has 0 heterocycles. The monoisotopic (exact) mass is 779 g/mol. The third-order valence-electron chi connectivity index (χ3n) is 7.70. The van der Waals surface area contributed by atoms with Crippen molar-refractivity contribution in [1.29, 1.82) is 0 Å². The van der Waals surface area contributed by atoms with E-state index in [1.54, 1.807) is 15.5 Å². The minimum absolute atomic E-state index is 0.0559. The number of hydrogen-bond donors (Lipinski definition) is 2. The zero-order chi connectivity index (χ0) is 40.5. The summed E-state index contributed by atoms with van der Waals surface area (Å²) in [5.74, 6) is 7.26. The van der Waals surface area contributed by atoms with Gasteiger partial charge in [-0.15, -0.1) is 0 Å². The number of phosphoric acid groups is 1. The number of nitrogens with zero attached hydrogens (tertiary/aromatic N) is 3. The standard InChI is InChI=1S/C19H40N2O4S.C15H34NO6PS/c1-15(18(2,3)4)25-16(14-24-17(22)13-20(8)9)12-21(19(5,6)7)26(10,11)23;1-12(14(2,3)4)22-13(11-21-23(17,18)19)10-16(15(5,6)7)24(8,9)20/h15-16H,10,12-14H2,1-9,11H3;12-13H,8,10-11H2,1-7,9H3,(H2,17,18,19)/t15-,16-,26?;12-,13-,24?/m00/s1. The van der Waals surface area contributed by atoms with Gasteiger partial charge in [0.05, 0.1) is 31.5 Å². The van der Waals surface area contributed by atoms with Crippen molar-refractivity contribution in [3.63, 3.8) is 0 Å². The maximum Gasteiger partial charge on any atom is 0.469 e. The van der Waals surface area contributed by atoms with E-state index in [4.69, 9.17) is 24.0 Å². The molecular weight excluding hydrogens is 705 g/mol. The molecule has 0 bridgehead atoms. The van der Waals surface area contributed by atoms with Crippen molar-refractivity contribution in [3.05, 3.63) is 0 Å². The zero-order valence-corrected chi connectivity index (χ0v) is 37.1.